The van der Waals surface area contributed by atoms with E-state index in [-0.39, 0.29) is 0 Å². The van der Waals surface area contributed by atoms with E-state index >= 15 is 0 Å². The van der Waals surface area contributed by atoms with E-state index in [9.17, 15) is 0 Å². The highest BCUT2D eigenvalue weighted by atomic mass is 15.1. The molecule has 8 aromatic rings. The average Bonchev–Trinajstić information content (AvgIpc) is 3.60. The Morgan fingerprint density at radius 2 is 1.15 bits per heavy atom. The summed E-state index contributed by atoms with van der Waals surface area (Å²) in [5.41, 5.74) is 14.9. The molecule has 0 saturated carbocycles. The first-order chi connectivity index (χ1) is 22.7. The highest BCUT2D eigenvalue weighted by Crippen LogP contribution is 2.48. The maximum atomic E-state index is 4.59. The molecule has 216 valence electrons. The highest BCUT2D eigenvalue weighted by molar-refractivity contribution is 6.11. The van der Waals surface area contributed by atoms with Crippen molar-refractivity contribution in [2.75, 3.05) is 4.90 Å². The minimum atomic E-state index is 1.05. The van der Waals surface area contributed by atoms with Crippen LogP contribution in [0.1, 0.15) is 11.1 Å². The van der Waals surface area contributed by atoms with E-state index in [1.165, 1.54) is 44.1 Å². The normalized spacial score (nSPS) is 12.0. The van der Waals surface area contributed by atoms with Gasteiger partial charge in [0.25, 0.3) is 0 Å². The number of hydrogen-bond acceptors (Lipinski definition) is 2. The van der Waals surface area contributed by atoms with E-state index in [1.807, 2.05) is 18.5 Å². The molecule has 9 rings (SSSR count). The van der Waals surface area contributed by atoms with E-state index in [0.717, 1.165) is 39.4 Å². The maximum absolute atomic E-state index is 4.59. The van der Waals surface area contributed by atoms with Crippen molar-refractivity contribution >= 4 is 44.4 Å². The summed E-state index contributed by atoms with van der Waals surface area (Å²) in [7, 11) is 0. The molecule has 0 saturated heterocycles. The van der Waals surface area contributed by atoms with Crippen molar-refractivity contribution in [3.8, 4) is 27.9 Å². The van der Waals surface area contributed by atoms with Crippen LogP contribution in [-0.4, -0.2) is 9.55 Å². The van der Waals surface area contributed by atoms with Crippen molar-refractivity contribution in [1.29, 1.82) is 0 Å². The Hall–Kier alpha value is -6.19. The van der Waals surface area contributed by atoms with Crippen LogP contribution < -0.4 is 4.90 Å². The van der Waals surface area contributed by atoms with Gasteiger partial charge in [-0.1, -0.05) is 85.4 Å². The zero-order chi connectivity index (χ0) is 30.6. The van der Waals surface area contributed by atoms with Gasteiger partial charge in [-0.3, -0.25) is 4.98 Å². The van der Waals surface area contributed by atoms with Crippen molar-refractivity contribution in [3.05, 3.63) is 182 Å². The SMILES string of the molecule is C=C1c2cc(-c3cccnc3)ccc2-c2ccc(N(c3ccccc3)c3ccc4c(c3)c3ccccc3n4-c3ccccc3)cc21. The fraction of sp³-hybridized carbons (Fsp3) is 0. The van der Waals surface area contributed by atoms with E-state index in [1.54, 1.807) is 0 Å². The number of anilines is 3. The zero-order valence-corrected chi connectivity index (χ0v) is 25.1. The molecule has 3 heteroatoms. The van der Waals surface area contributed by atoms with E-state index in [0.29, 0.717) is 0 Å². The third-order valence-corrected chi connectivity index (χ3v) is 9.16. The van der Waals surface area contributed by atoms with Gasteiger partial charge in [0.1, 0.15) is 0 Å². The third kappa shape index (κ3) is 4.10. The summed E-state index contributed by atoms with van der Waals surface area (Å²) in [6, 6.07) is 54.3. The van der Waals surface area contributed by atoms with Crippen LogP contribution in [0.5, 0.6) is 0 Å². The molecule has 2 aromatic heterocycles. The fourth-order valence-corrected chi connectivity index (χ4v) is 7.02. The summed E-state index contributed by atoms with van der Waals surface area (Å²) < 4.78 is 2.36. The quantitative estimate of drug-likeness (QED) is 0.200. The Bertz CT molecular complexity index is 2420. The average molecular weight is 588 g/mol. The molecule has 0 aliphatic heterocycles. The molecule has 0 amide bonds. The Morgan fingerprint density at radius 3 is 1.96 bits per heavy atom. The Morgan fingerprint density at radius 1 is 0.478 bits per heavy atom. The molecule has 1 aliphatic carbocycles. The van der Waals surface area contributed by atoms with Gasteiger partial charge < -0.3 is 9.47 Å². The van der Waals surface area contributed by atoms with Crippen molar-refractivity contribution in [2.45, 2.75) is 0 Å². The van der Waals surface area contributed by atoms with Crippen LogP contribution in [0.3, 0.4) is 0 Å². The second-order valence-corrected chi connectivity index (χ2v) is 11.8. The van der Waals surface area contributed by atoms with Crippen LogP contribution in [-0.2, 0) is 0 Å². The van der Waals surface area contributed by atoms with Gasteiger partial charge in [-0.15, -0.1) is 0 Å². The van der Waals surface area contributed by atoms with Crippen molar-refractivity contribution in [2.24, 2.45) is 0 Å². The van der Waals surface area contributed by atoms with Crippen molar-refractivity contribution in [3.63, 3.8) is 0 Å². The van der Waals surface area contributed by atoms with E-state index in [2.05, 4.69) is 167 Å². The van der Waals surface area contributed by atoms with Crippen molar-refractivity contribution < 1.29 is 0 Å². The Kier molecular flexibility index (Phi) is 5.97. The molecule has 1 aliphatic rings. The molecule has 0 fully saturated rings. The lowest BCUT2D eigenvalue weighted by Crippen LogP contribution is -2.10. The van der Waals surface area contributed by atoms with Gasteiger partial charge in [-0.05, 0) is 106 Å². The number of para-hydroxylation sites is 3. The van der Waals surface area contributed by atoms with Gasteiger partial charge in [-0.25, -0.2) is 0 Å². The van der Waals surface area contributed by atoms with Gasteiger partial charge in [0.2, 0.25) is 0 Å². The molecule has 3 nitrogen and oxygen atoms in total. The fourth-order valence-electron chi connectivity index (χ4n) is 7.02. The molecule has 0 atom stereocenters. The third-order valence-electron chi connectivity index (χ3n) is 9.16. The van der Waals surface area contributed by atoms with Crippen LogP contribution in [0.2, 0.25) is 0 Å². The minimum absolute atomic E-state index is 1.05. The lowest BCUT2D eigenvalue weighted by molar-refractivity contribution is 1.18. The largest absolute Gasteiger partial charge is 0.310 e. The molecule has 0 spiro atoms. The van der Waals surface area contributed by atoms with Crippen LogP contribution in [0, 0.1) is 0 Å². The van der Waals surface area contributed by atoms with Crippen LogP contribution in [0.25, 0.3) is 55.3 Å². The van der Waals surface area contributed by atoms with Gasteiger partial charge >= 0.3 is 0 Å². The second kappa shape index (κ2) is 10.5. The lowest BCUT2D eigenvalue weighted by Gasteiger charge is -2.26. The number of pyridine rings is 1. The van der Waals surface area contributed by atoms with Gasteiger partial charge in [0.05, 0.1) is 11.0 Å². The zero-order valence-electron chi connectivity index (χ0n) is 25.1. The number of rotatable bonds is 5. The first-order valence-electron chi connectivity index (χ1n) is 15.6. The molecule has 0 bridgehead atoms. The number of fused-ring (bicyclic) bond motifs is 6. The van der Waals surface area contributed by atoms with Crippen LogP contribution in [0.15, 0.2) is 171 Å². The lowest BCUT2D eigenvalue weighted by atomic mass is 9.99. The molecule has 0 radical (unpaired) electrons. The standard InChI is InChI=1S/C43H29N3/c1-29-39-25-30(31-11-10-24-44-28-31)18-21-36(39)37-22-19-34(26-40(29)37)45(32-12-4-2-5-13-32)35-20-23-43-41(27-35)38-16-8-9-17-42(38)46(43)33-14-6-3-7-15-33/h2-28H,1H2. The Balaban J connectivity index is 1.19. The summed E-state index contributed by atoms with van der Waals surface area (Å²) in [6.07, 6.45) is 3.72. The van der Waals surface area contributed by atoms with E-state index in [4.69, 9.17) is 0 Å². The summed E-state index contributed by atoms with van der Waals surface area (Å²) in [5, 5.41) is 2.46. The topological polar surface area (TPSA) is 21.1 Å². The highest BCUT2D eigenvalue weighted by Gasteiger charge is 2.25. The summed E-state index contributed by atoms with van der Waals surface area (Å²) in [5.74, 6) is 0. The van der Waals surface area contributed by atoms with Gasteiger partial charge in [0, 0.05) is 51.5 Å². The molecule has 2 heterocycles. The number of hydrogen-bond donors (Lipinski definition) is 0. The summed E-state index contributed by atoms with van der Waals surface area (Å²) >= 11 is 0. The first kappa shape index (κ1) is 26.2. The predicted octanol–water partition coefficient (Wildman–Crippen LogP) is 11.4. The van der Waals surface area contributed by atoms with E-state index < -0.39 is 0 Å². The molecule has 6 aromatic carbocycles. The number of benzene rings is 6. The first-order valence-corrected chi connectivity index (χ1v) is 15.6. The molecule has 46 heavy (non-hydrogen) atoms. The monoisotopic (exact) mass is 587 g/mol. The molecular weight excluding hydrogens is 558 g/mol. The number of nitrogens with zero attached hydrogens (tertiary/aromatic N) is 3. The summed E-state index contributed by atoms with van der Waals surface area (Å²) in [6.45, 7) is 4.59. The smallest absolute Gasteiger partial charge is 0.0542 e. The van der Waals surface area contributed by atoms with Crippen molar-refractivity contribution in [1.82, 2.24) is 9.55 Å². The second-order valence-electron chi connectivity index (χ2n) is 11.8. The molecule has 0 N–H and O–H groups in total. The van der Waals surface area contributed by atoms with Gasteiger partial charge in [0.15, 0.2) is 0 Å². The van der Waals surface area contributed by atoms with Crippen LogP contribution in [0.4, 0.5) is 17.1 Å². The molecular formula is C43H29N3. The minimum Gasteiger partial charge on any atom is -0.310 e. The van der Waals surface area contributed by atoms with Gasteiger partial charge in [-0.2, -0.15) is 0 Å². The summed E-state index contributed by atoms with van der Waals surface area (Å²) in [4.78, 5) is 6.68. The predicted molar refractivity (Wildman–Crippen MR) is 192 cm³/mol. The maximum Gasteiger partial charge on any atom is 0.0542 e. The molecule has 0 unspecified atom stereocenters. The Labute approximate surface area is 268 Å². The number of aromatic nitrogens is 2. The van der Waals surface area contributed by atoms with Crippen LogP contribution >= 0.6 is 0 Å².